The van der Waals surface area contributed by atoms with E-state index in [1.165, 1.54) is 50.3 Å². The quantitative estimate of drug-likeness (QED) is 0.0222. The van der Waals surface area contributed by atoms with Crippen LogP contribution in [0.5, 0.6) is 11.5 Å². The number of aromatic nitrogens is 1. The van der Waals surface area contributed by atoms with Crippen LogP contribution in [0.25, 0.3) is 38.7 Å². The first kappa shape index (κ1) is 69.7. The van der Waals surface area contributed by atoms with E-state index >= 15 is 4.79 Å². The van der Waals surface area contributed by atoms with Crippen LogP contribution < -0.4 is 47.0 Å². The fourth-order valence-corrected chi connectivity index (χ4v) is 12.5. The molecule has 1 unspecified atom stereocenters. The Bertz CT molecular complexity index is 4120. The molecule has 95 heavy (non-hydrogen) atoms. The van der Waals surface area contributed by atoms with E-state index in [1.54, 1.807) is 69.3 Å². The first-order chi connectivity index (χ1) is 45.2. The highest BCUT2D eigenvalue weighted by atomic mass is 16.7. The van der Waals surface area contributed by atoms with Gasteiger partial charge in [-0.15, -0.1) is 0 Å². The number of aliphatic hydroxyl groups is 2. The van der Waals surface area contributed by atoms with Crippen LogP contribution in [0.3, 0.4) is 0 Å². The lowest BCUT2D eigenvalue weighted by atomic mass is 9.82. The number of carbonyl (C=O) groups excluding carboxylic acids is 7. The van der Waals surface area contributed by atoms with Crippen molar-refractivity contribution in [1.29, 1.82) is 0 Å². The van der Waals surface area contributed by atoms with Crippen molar-refractivity contribution in [2.24, 2.45) is 29.6 Å². The number of rotatable bonds is 16. The number of anilines is 3. The average Bonchev–Trinajstić information content (AvgIpc) is 1.67. The third-order valence-corrected chi connectivity index (χ3v) is 18.0. The molecular formula is C70H84N8O17. The number of piperazine rings is 1. The van der Waals surface area contributed by atoms with Crippen LogP contribution in [0.1, 0.15) is 105 Å². The number of unbranched alkanes of at least 4 members (excludes halogenated alkanes) is 2. The standard InChI is InChI=1S/C70H84N8O17/c1-37(2)57(73-50(80)17-12-11-13-25-78-52(82)22-23-53(78)83)68(89)71-35-51(81)72-45-20-18-44(19-21-45)36-92-69(90)77-28-26-76(27-29-77)46-33-47(79)58-49(34-46)94-65-59(74-58)54-55-62(85)43(8)64-56(54)66(87)70(9,95-64)93-30-24-48(91-10)42(7)61(84)41(6)32-39(4)31-38(3)15-14-16-40(5)67(88)75-60(65)63(55)86/h14-16,18-24,30,33-34,37-39,41-42,48,57,61,84-85,87H,11-13,17,25-29,31-32,35-36H2,1-10H3,(H,71,89)(H,72,81)(H,73,80)(H,75,88)/b15-14+,30-24+,40-16-/t38-,39+,41+,42+,48-,57?,61-,70-/m0/s1. The molecule has 25 nitrogen and oxygen atoms in total. The molecule has 1 aromatic heterocycles. The number of nitrogens with zero attached hydrogens (tertiary/aromatic N) is 4. The molecule has 1 fully saturated rings. The van der Waals surface area contributed by atoms with E-state index in [9.17, 15) is 53.7 Å². The number of allylic oxidation sites excluding steroid dienone is 3. The largest absolute Gasteiger partial charge is 0.507 e. The third kappa shape index (κ3) is 15.6. The highest BCUT2D eigenvalue weighted by molar-refractivity contribution is 6.17. The SMILES string of the molecule is CO[C@H]1/C=C/O[C@@]2(C)Oc3c(C)c(O)c4c(=O)c(c5oc6cc(N7CCN(C(=O)OCc8ccc(NC(=O)CNC(=O)C(NC(=O)CCCCCN9C(=O)C=CC9=O)C(C)C)cc8)CC7)cc(=O)c6nc5c4c3=C2O)NC(=O)/C(C)=C\C=C\[C@H](C)C[C@@H](C)C[C@@H](C)[C@H](O)[C@@H]1C. The fourth-order valence-electron chi connectivity index (χ4n) is 12.5. The van der Waals surface area contributed by atoms with Crippen molar-refractivity contribution < 1.29 is 72.2 Å². The topological polar surface area (TPSA) is 335 Å². The zero-order valence-electron chi connectivity index (χ0n) is 55.2. The summed E-state index contributed by atoms with van der Waals surface area (Å²) in [5.74, 6) is -6.30. The molecular weight excluding hydrogens is 1220 g/mol. The maximum atomic E-state index is 15.0. The van der Waals surface area contributed by atoms with Crippen LogP contribution in [0.2, 0.25) is 0 Å². The first-order valence-electron chi connectivity index (χ1n) is 32.1. The highest BCUT2D eigenvalue weighted by Crippen LogP contribution is 2.42. The smallest absolute Gasteiger partial charge is 0.410 e. The number of amides is 7. The molecule has 0 radical (unpaired) electrons. The number of hydrogen-bond acceptors (Lipinski definition) is 19. The maximum absolute atomic E-state index is 15.0. The minimum atomic E-state index is -1.96. The molecule has 5 aromatic rings. The van der Waals surface area contributed by atoms with Gasteiger partial charge in [0.1, 0.15) is 35.4 Å². The van der Waals surface area contributed by atoms with Crippen molar-refractivity contribution in [3.8, 4) is 11.5 Å². The Hall–Kier alpha value is -9.62. The molecule has 7 N–H and O–H groups in total. The van der Waals surface area contributed by atoms with Crippen LogP contribution in [0, 0.1) is 36.5 Å². The number of fused-ring (bicyclic) bond motifs is 2. The zero-order chi connectivity index (χ0) is 68.7. The molecule has 1 saturated heterocycles. The molecule has 4 bridgehead atoms. The number of aliphatic hydroxyl groups excluding tert-OH is 2. The lowest BCUT2D eigenvalue weighted by Gasteiger charge is -2.35. The summed E-state index contributed by atoms with van der Waals surface area (Å²) in [6, 6.07) is 8.60. The van der Waals surface area contributed by atoms with Gasteiger partial charge in [0.2, 0.25) is 28.6 Å². The molecule has 0 saturated carbocycles. The van der Waals surface area contributed by atoms with Gasteiger partial charge in [0.05, 0.1) is 35.6 Å². The van der Waals surface area contributed by atoms with Gasteiger partial charge in [0, 0.05) is 111 Å². The van der Waals surface area contributed by atoms with Gasteiger partial charge in [-0.25, -0.2) is 9.78 Å². The molecule has 506 valence electrons. The average molecular weight is 1310 g/mol. The molecule has 4 aliphatic heterocycles. The monoisotopic (exact) mass is 1310 g/mol. The van der Waals surface area contributed by atoms with Gasteiger partial charge in [-0.3, -0.25) is 43.3 Å². The van der Waals surface area contributed by atoms with Gasteiger partial charge in [0.15, 0.2) is 22.4 Å². The molecule has 9 rings (SSSR count). The van der Waals surface area contributed by atoms with Crippen molar-refractivity contribution in [2.75, 3.05) is 61.9 Å². The van der Waals surface area contributed by atoms with E-state index in [0.717, 1.165) is 17.7 Å². The number of hydrogen-bond donors (Lipinski definition) is 7. The Morgan fingerprint density at radius 3 is 2.26 bits per heavy atom. The summed E-state index contributed by atoms with van der Waals surface area (Å²) < 4.78 is 30.5. The Morgan fingerprint density at radius 1 is 0.874 bits per heavy atom. The molecule has 0 aliphatic carbocycles. The van der Waals surface area contributed by atoms with E-state index in [1.807, 2.05) is 24.8 Å². The number of imide groups is 1. The second-order valence-electron chi connectivity index (χ2n) is 25.7. The Balaban J connectivity index is 0.874. The molecule has 4 aromatic carbocycles. The highest BCUT2D eigenvalue weighted by Gasteiger charge is 2.44. The minimum Gasteiger partial charge on any atom is -0.507 e. The summed E-state index contributed by atoms with van der Waals surface area (Å²) in [6.07, 6.45) is 12.0. The molecule has 7 amide bonds. The van der Waals surface area contributed by atoms with E-state index in [4.69, 9.17) is 28.3 Å². The lowest BCUT2D eigenvalue weighted by Crippen LogP contribution is -2.51. The van der Waals surface area contributed by atoms with Crippen molar-refractivity contribution in [3.05, 3.63) is 121 Å². The molecule has 8 atom stereocenters. The Morgan fingerprint density at radius 2 is 1.58 bits per heavy atom. The first-order valence-corrected chi connectivity index (χ1v) is 32.1. The summed E-state index contributed by atoms with van der Waals surface area (Å²) in [4.78, 5) is 128. The maximum Gasteiger partial charge on any atom is 0.410 e. The van der Waals surface area contributed by atoms with Crippen molar-refractivity contribution in [2.45, 2.75) is 131 Å². The van der Waals surface area contributed by atoms with Gasteiger partial charge >= 0.3 is 11.9 Å². The Kier molecular flexibility index (Phi) is 21.8. The number of ether oxygens (including phenoxy) is 4. The van der Waals surface area contributed by atoms with E-state index in [0.29, 0.717) is 36.2 Å². The Labute approximate surface area is 548 Å². The predicted molar refractivity (Wildman–Crippen MR) is 356 cm³/mol. The second kappa shape index (κ2) is 29.8. The van der Waals surface area contributed by atoms with Crippen molar-refractivity contribution in [3.63, 3.8) is 0 Å². The fraction of sp³-hybridized carbons (Fsp3) is 0.457. The summed E-state index contributed by atoms with van der Waals surface area (Å²) in [6.45, 7) is 16.8. The van der Waals surface area contributed by atoms with E-state index in [-0.39, 0.29) is 155 Å². The van der Waals surface area contributed by atoms with Crippen LogP contribution >= 0.6 is 0 Å². The summed E-state index contributed by atoms with van der Waals surface area (Å²) in [5.41, 5.74) is -0.866. The van der Waals surface area contributed by atoms with Gasteiger partial charge < -0.3 is 69.8 Å². The molecule has 5 heterocycles. The van der Waals surface area contributed by atoms with Gasteiger partial charge in [-0.1, -0.05) is 78.3 Å². The summed E-state index contributed by atoms with van der Waals surface area (Å²) in [7, 11) is 1.52. The van der Waals surface area contributed by atoms with Crippen LogP contribution in [0.15, 0.2) is 98.7 Å². The van der Waals surface area contributed by atoms with Crippen LogP contribution in [-0.2, 0) is 49.6 Å². The minimum absolute atomic E-state index is 0.0511. The number of carbonyl (C=O) groups is 7. The number of phenols is 1. The zero-order valence-corrected chi connectivity index (χ0v) is 55.2. The van der Waals surface area contributed by atoms with E-state index < -0.39 is 75.9 Å². The molecule has 4 aliphatic rings. The third-order valence-electron chi connectivity index (χ3n) is 18.0. The van der Waals surface area contributed by atoms with Gasteiger partial charge in [-0.2, -0.15) is 0 Å². The number of aromatic hydroxyl groups is 1. The van der Waals surface area contributed by atoms with Crippen LogP contribution in [-0.4, -0.2) is 142 Å². The number of benzene rings is 4. The summed E-state index contributed by atoms with van der Waals surface area (Å²) in [5, 5.41) is 45.9. The normalized spacial score (nSPS) is 23.5. The van der Waals surface area contributed by atoms with Crippen molar-refractivity contribution in [1.82, 2.24) is 25.4 Å². The number of nitrogens with one attached hydrogen (secondary N) is 4. The summed E-state index contributed by atoms with van der Waals surface area (Å²) >= 11 is 0. The van der Waals surface area contributed by atoms with Gasteiger partial charge in [-0.05, 0) is 87.0 Å². The van der Waals surface area contributed by atoms with Gasteiger partial charge in [0.25, 0.3) is 17.7 Å². The molecule has 0 spiro atoms. The van der Waals surface area contributed by atoms with E-state index in [2.05, 4.69) is 35.1 Å². The second-order valence-corrected chi connectivity index (χ2v) is 25.7. The predicted octanol–water partition coefficient (Wildman–Crippen LogP) is 7.19. The number of methoxy groups -OCH3 is 1. The molecule has 25 heteroatoms. The van der Waals surface area contributed by atoms with Crippen LogP contribution in [0.4, 0.5) is 21.9 Å². The van der Waals surface area contributed by atoms with Crippen molar-refractivity contribution >= 4 is 97.3 Å². The lowest BCUT2D eigenvalue weighted by molar-refractivity contribution is -0.137. The number of phenolic OH excluding ortho intramolecular Hbond substituents is 1.